The zero-order valence-corrected chi connectivity index (χ0v) is 9.73. The number of fused-ring (bicyclic) bond motifs is 1. The van der Waals surface area contributed by atoms with Crippen LogP contribution in [0.4, 0.5) is 0 Å². The van der Waals surface area contributed by atoms with Gasteiger partial charge in [0, 0.05) is 0 Å². The number of hydrogen-bond acceptors (Lipinski definition) is 0. The Hall–Kier alpha value is -0.592. The predicted octanol–water partition coefficient (Wildman–Crippen LogP) is 2.63. The van der Waals surface area contributed by atoms with Crippen LogP contribution in [0.25, 0.3) is 16.6 Å². The van der Waals surface area contributed by atoms with Crippen LogP contribution in [0, 0.1) is 6.07 Å². The zero-order chi connectivity index (χ0) is 8.10. The standard InChI is InChI=1S/C8H6N.CH4N.W/c1-2-4-8-7(3-1)5-6-9-8;1-2;/h1-2,4-6,9H;2H,1H3;/q2*-1;+2. The maximum absolute atomic E-state index is 5.75. The van der Waals surface area contributed by atoms with Crippen LogP contribution in [0.2, 0.25) is 0 Å². The first-order valence-corrected chi connectivity index (χ1v) is 3.40. The Morgan fingerprint density at radius 3 is 2.75 bits per heavy atom. The van der Waals surface area contributed by atoms with Gasteiger partial charge < -0.3 is 10.7 Å². The molecule has 1 heterocycles. The Kier molecular flexibility index (Phi) is 5.69. The van der Waals surface area contributed by atoms with Gasteiger partial charge in [0.2, 0.25) is 0 Å². The molecule has 0 atom stereocenters. The van der Waals surface area contributed by atoms with Crippen LogP contribution in [0.15, 0.2) is 30.5 Å². The molecule has 0 aliphatic heterocycles. The minimum Gasteiger partial charge on any atom is -0.680 e. The van der Waals surface area contributed by atoms with Gasteiger partial charge in [0.1, 0.15) is 0 Å². The molecule has 62 valence electrons. The minimum absolute atomic E-state index is 0. The molecule has 0 fully saturated rings. The van der Waals surface area contributed by atoms with Crippen LogP contribution in [0.3, 0.4) is 0 Å². The second-order valence-corrected chi connectivity index (χ2v) is 1.98. The summed E-state index contributed by atoms with van der Waals surface area (Å²) in [7, 11) is 1.25. The summed E-state index contributed by atoms with van der Waals surface area (Å²) in [5.41, 5.74) is 6.90. The van der Waals surface area contributed by atoms with E-state index in [9.17, 15) is 0 Å². The molecule has 0 amide bonds. The molecule has 0 aliphatic rings. The molecule has 1 aromatic carbocycles. The van der Waals surface area contributed by atoms with Gasteiger partial charge in [-0.1, -0.05) is 0 Å². The van der Waals surface area contributed by atoms with Crippen molar-refractivity contribution in [2.24, 2.45) is 0 Å². The summed E-state index contributed by atoms with van der Waals surface area (Å²) in [5.74, 6) is 0. The Labute approximate surface area is 86.4 Å². The zero-order valence-electron chi connectivity index (χ0n) is 6.79. The first kappa shape index (κ1) is 11.4. The van der Waals surface area contributed by atoms with Crippen molar-refractivity contribution in [1.82, 2.24) is 4.98 Å². The fourth-order valence-electron chi connectivity index (χ4n) is 0.928. The van der Waals surface area contributed by atoms with E-state index in [0.29, 0.717) is 0 Å². The normalized spacial score (nSPS) is 8.17. The Morgan fingerprint density at radius 2 is 2.08 bits per heavy atom. The van der Waals surface area contributed by atoms with Gasteiger partial charge >= 0.3 is 21.1 Å². The molecule has 2 aromatic rings. The van der Waals surface area contributed by atoms with E-state index in [0.717, 1.165) is 10.9 Å². The number of aromatic amines is 1. The van der Waals surface area contributed by atoms with Crippen LogP contribution >= 0.6 is 0 Å². The SMILES string of the molecule is C[NH-].[W+2].[c-]1cccc2[nH]ccc12. The quantitative estimate of drug-likeness (QED) is 0.722. The maximum Gasteiger partial charge on any atom is 2.00 e. The molecule has 0 saturated heterocycles. The van der Waals surface area contributed by atoms with E-state index in [1.54, 1.807) is 0 Å². The first-order valence-electron chi connectivity index (χ1n) is 3.40. The molecule has 0 saturated carbocycles. The third-order valence-corrected chi connectivity index (χ3v) is 1.38. The molecular formula is C9H10N2W. The number of hydrogen-bond donors (Lipinski definition) is 1. The van der Waals surface area contributed by atoms with Crippen molar-refractivity contribution < 1.29 is 21.1 Å². The number of aromatic nitrogens is 1. The number of H-pyrrole nitrogens is 1. The molecule has 3 heteroatoms. The third kappa shape index (κ3) is 2.47. The average Bonchev–Trinajstić information content (AvgIpc) is 2.55. The van der Waals surface area contributed by atoms with Crippen LogP contribution in [0.5, 0.6) is 0 Å². The number of benzene rings is 1. The second kappa shape index (κ2) is 5.98. The van der Waals surface area contributed by atoms with Crippen LogP contribution in [-0.2, 0) is 21.1 Å². The van der Waals surface area contributed by atoms with E-state index in [-0.39, 0.29) is 21.1 Å². The molecule has 1 aromatic heterocycles. The average molecular weight is 330 g/mol. The van der Waals surface area contributed by atoms with Gasteiger partial charge in [0.25, 0.3) is 0 Å². The molecule has 2 N–H and O–H groups in total. The van der Waals surface area contributed by atoms with E-state index in [1.165, 1.54) is 7.05 Å². The topological polar surface area (TPSA) is 39.6 Å². The fraction of sp³-hybridized carbons (Fsp3) is 0.111. The monoisotopic (exact) mass is 330 g/mol. The van der Waals surface area contributed by atoms with Crippen molar-refractivity contribution >= 4 is 10.9 Å². The smallest absolute Gasteiger partial charge is 0.680 e. The Balaban J connectivity index is 0.000000378. The molecule has 0 bridgehead atoms. The molecule has 0 unspecified atom stereocenters. The fourth-order valence-corrected chi connectivity index (χ4v) is 0.928. The third-order valence-electron chi connectivity index (χ3n) is 1.38. The molecular weight excluding hydrogens is 320 g/mol. The van der Waals surface area contributed by atoms with Crippen molar-refractivity contribution in [2.75, 3.05) is 7.05 Å². The first-order chi connectivity index (χ1) is 5.47. The largest absolute Gasteiger partial charge is 2.00 e. The van der Waals surface area contributed by atoms with Gasteiger partial charge in [-0.3, -0.25) is 0 Å². The van der Waals surface area contributed by atoms with E-state index >= 15 is 0 Å². The number of nitrogens with one attached hydrogen (secondary N) is 2. The minimum atomic E-state index is 0. The summed E-state index contributed by atoms with van der Waals surface area (Å²) in [6.45, 7) is 0. The summed E-state index contributed by atoms with van der Waals surface area (Å²) in [6.07, 6.45) is 1.92. The van der Waals surface area contributed by atoms with Gasteiger partial charge in [-0.2, -0.15) is 7.05 Å². The van der Waals surface area contributed by atoms with Crippen molar-refractivity contribution in [3.63, 3.8) is 0 Å². The number of rotatable bonds is 0. The van der Waals surface area contributed by atoms with Crippen LogP contribution in [-0.4, -0.2) is 12.0 Å². The Bertz CT molecular complexity index is 287. The van der Waals surface area contributed by atoms with Crippen molar-refractivity contribution in [3.05, 3.63) is 42.3 Å². The molecule has 12 heavy (non-hydrogen) atoms. The summed E-state index contributed by atoms with van der Waals surface area (Å²) >= 11 is 0. The summed E-state index contributed by atoms with van der Waals surface area (Å²) in [5, 5.41) is 1.15. The van der Waals surface area contributed by atoms with Crippen molar-refractivity contribution in [3.8, 4) is 0 Å². The molecule has 0 aliphatic carbocycles. The molecule has 2 nitrogen and oxygen atoms in total. The van der Waals surface area contributed by atoms with Gasteiger partial charge in [0.15, 0.2) is 0 Å². The van der Waals surface area contributed by atoms with Gasteiger partial charge in [-0.15, -0.1) is 35.7 Å². The second-order valence-electron chi connectivity index (χ2n) is 1.98. The summed E-state index contributed by atoms with van der Waals surface area (Å²) < 4.78 is 0. The van der Waals surface area contributed by atoms with E-state index in [2.05, 4.69) is 11.1 Å². The van der Waals surface area contributed by atoms with Gasteiger partial charge in [-0.25, -0.2) is 0 Å². The van der Waals surface area contributed by atoms with Gasteiger partial charge in [-0.05, 0) is 11.7 Å². The Morgan fingerprint density at radius 1 is 1.33 bits per heavy atom. The molecule has 0 spiro atoms. The van der Waals surface area contributed by atoms with Crippen LogP contribution < -0.4 is 0 Å². The van der Waals surface area contributed by atoms with Gasteiger partial charge in [0.05, 0.1) is 0 Å². The van der Waals surface area contributed by atoms with E-state index in [1.807, 2.05) is 30.5 Å². The van der Waals surface area contributed by atoms with Crippen molar-refractivity contribution in [2.45, 2.75) is 0 Å². The van der Waals surface area contributed by atoms with E-state index in [4.69, 9.17) is 5.73 Å². The molecule has 0 radical (unpaired) electrons. The van der Waals surface area contributed by atoms with Crippen molar-refractivity contribution in [1.29, 1.82) is 0 Å². The summed E-state index contributed by atoms with van der Waals surface area (Å²) in [6, 6.07) is 11.0. The van der Waals surface area contributed by atoms with E-state index < -0.39 is 0 Å². The molecule has 2 rings (SSSR count). The van der Waals surface area contributed by atoms with Crippen LogP contribution in [0.1, 0.15) is 0 Å². The maximum atomic E-state index is 5.75. The predicted molar refractivity (Wildman–Crippen MR) is 47.4 cm³/mol. The summed E-state index contributed by atoms with van der Waals surface area (Å²) in [4.78, 5) is 3.09.